The third-order valence-corrected chi connectivity index (χ3v) is 4.63. The Hall–Kier alpha value is -1.49. The minimum atomic E-state index is -3.45. The molecule has 0 spiro atoms. The number of benzene rings is 1. The third kappa shape index (κ3) is 6.65. The zero-order valence-electron chi connectivity index (χ0n) is 14.0. The number of ether oxygens (including phenoxy) is 1. The Balaban J connectivity index is 3.17. The molecule has 0 amide bonds. The molecule has 0 saturated heterocycles. The predicted molar refractivity (Wildman–Crippen MR) is 86.7 cm³/mol. The van der Waals surface area contributed by atoms with E-state index in [-0.39, 0.29) is 17.6 Å². The molecule has 0 aliphatic carbocycles. The Bertz CT molecular complexity index is 608. The van der Waals surface area contributed by atoms with Gasteiger partial charge in [-0.3, -0.25) is 4.57 Å². The Morgan fingerprint density at radius 3 is 2.13 bits per heavy atom. The Labute approximate surface area is 136 Å². The highest BCUT2D eigenvalue weighted by molar-refractivity contribution is 7.54. The first-order valence-corrected chi connectivity index (χ1v) is 8.71. The zero-order chi connectivity index (χ0) is 17.7. The minimum Gasteiger partial charge on any atom is -0.457 e. The summed E-state index contributed by atoms with van der Waals surface area (Å²) in [4.78, 5) is 12.3. The first-order chi connectivity index (χ1) is 10.6. The molecule has 23 heavy (non-hydrogen) atoms. The van der Waals surface area contributed by atoms with Crippen molar-refractivity contribution in [2.45, 2.75) is 26.4 Å². The van der Waals surface area contributed by atoms with E-state index >= 15 is 0 Å². The number of hydrogen-bond acceptors (Lipinski definition) is 5. The van der Waals surface area contributed by atoms with Crippen molar-refractivity contribution in [3.8, 4) is 0 Å². The number of rotatable bonds is 6. The first kappa shape index (κ1) is 19.6. The van der Waals surface area contributed by atoms with Gasteiger partial charge >= 0.3 is 13.6 Å². The largest absolute Gasteiger partial charge is 0.457 e. The lowest BCUT2D eigenvalue weighted by Gasteiger charge is -2.22. The van der Waals surface area contributed by atoms with Gasteiger partial charge < -0.3 is 13.8 Å². The molecule has 1 rings (SSSR count). The SMILES string of the molecule is COP(=O)(C/C(=C\c1ccc(F)cc1)C(=O)OC(C)(C)C)OC. The van der Waals surface area contributed by atoms with Gasteiger partial charge in [0.2, 0.25) is 0 Å². The molecule has 128 valence electrons. The van der Waals surface area contributed by atoms with Crippen molar-refractivity contribution in [1.82, 2.24) is 0 Å². The Morgan fingerprint density at radius 2 is 1.70 bits per heavy atom. The molecule has 0 aromatic heterocycles. The van der Waals surface area contributed by atoms with Gasteiger partial charge in [0, 0.05) is 19.8 Å². The van der Waals surface area contributed by atoms with Gasteiger partial charge in [-0.2, -0.15) is 0 Å². The van der Waals surface area contributed by atoms with Crippen molar-refractivity contribution >= 4 is 19.6 Å². The van der Waals surface area contributed by atoms with E-state index < -0.39 is 19.2 Å². The van der Waals surface area contributed by atoms with Crippen LogP contribution in [0, 0.1) is 5.82 Å². The lowest BCUT2D eigenvalue weighted by atomic mass is 10.1. The van der Waals surface area contributed by atoms with E-state index in [1.54, 1.807) is 20.8 Å². The number of carbonyl (C=O) groups is 1. The van der Waals surface area contributed by atoms with Crippen LogP contribution in [0.2, 0.25) is 0 Å². The summed E-state index contributed by atoms with van der Waals surface area (Å²) < 4.78 is 40.4. The summed E-state index contributed by atoms with van der Waals surface area (Å²) in [5, 5.41) is 0. The van der Waals surface area contributed by atoms with Gasteiger partial charge in [-0.1, -0.05) is 12.1 Å². The van der Waals surface area contributed by atoms with E-state index in [1.165, 1.54) is 44.6 Å². The zero-order valence-corrected chi connectivity index (χ0v) is 14.9. The maximum Gasteiger partial charge on any atom is 0.335 e. The Morgan fingerprint density at radius 1 is 1.17 bits per heavy atom. The van der Waals surface area contributed by atoms with Gasteiger partial charge in [-0.05, 0) is 44.5 Å². The lowest BCUT2D eigenvalue weighted by Crippen LogP contribution is -2.26. The van der Waals surface area contributed by atoms with Crippen molar-refractivity contribution in [2.24, 2.45) is 0 Å². The summed E-state index contributed by atoms with van der Waals surface area (Å²) >= 11 is 0. The fourth-order valence-corrected chi connectivity index (χ4v) is 2.73. The highest BCUT2D eigenvalue weighted by Gasteiger charge is 2.29. The number of halogens is 1. The van der Waals surface area contributed by atoms with Crippen molar-refractivity contribution in [2.75, 3.05) is 20.4 Å². The van der Waals surface area contributed by atoms with E-state index in [2.05, 4.69) is 0 Å². The van der Waals surface area contributed by atoms with E-state index in [0.717, 1.165) is 0 Å². The molecule has 0 saturated carbocycles. The standard InChI is InChI=1S/C16H22FO5P/c1-16(2,3)22-15(18)13(11-23(19,20-4)21-5)10-12-6-8-14(17)9-7-12/h6-10H,11H2,1-5H3/b13-10+. The van der Waals surface area contributed by atoms with Crippen molar-refractivity contribution in [3.63, 3.8) is 0 Å². The highest BCUT2D eigenvalue weighted by atomic mass is 31.2. The van der Waals surface area contributed by atoms with Crippen LogP contribution in [0.15, 0.2) is 29.8 Å². The van der Waals surface area contributed by atoms with Gasteiger partial charge in [-0.15, -0.1) is 0 Å². The molecule has 0 atom stereocenters. The van der Waals surface area contributed by atoms with Crippen LogP contribution in [0.5, 0.6) is 0 Å². The van der Waals surface area contributed by atoms with Crippen LogP contribution in [-0.4, -0.2) is 32.0 Å². The molecule has 0 aliphatic heterocycles. The number of esters is 1. The fourth-order valence-electron chi connectivity index (χ4n) is 1.69. The van der Waals surface area contributed by atoms with Gasteiger partial charge in [0.15, 0.2) is 0 Å². The van der Waals surface area contributed by atoms with Crippen LogP contribution in [0.3, 0.4) is 0 Å². The molecule has 5 nitrogen and oxygen atoms in total. The van der Waals surface area contributed by atoms with Crippen LogP contribution >= 0.6 is 7.60 Å². The molecule has 0 fully saturated rings. The summed E-state index contributed by atoms with van der Waals surface area (Å²) in [7, 11) is -0.956. The topological polar surface area (TPSA) is 61.8 Å². The van der Waals surface area contributed by atoms with Crippen molar-refractivity contribution in [3.05, 3.63) is 41.2 Å². The second-order valence-corrected chi connectivity index (χ2v) is 8.13. The number of hydrogen-bond donors (Lipinski definition) is 0. The molecular weight excluding hydrogens is 322 g/mol. The Kier molecular flexibility index (Phi) is 6.69. The van der Waals surface area contributed by atoms with E-state index in [1.807, 2.05) is 0 Å². The molecule has 0 bridgehead atoms. The van der Waals surface area contributed by atoms with Crippen LogP contribution in [0.1, 0.15) is 26.3 Å². The van der Waals surface area contributed by atoms with Gasteiger partial charge in [-0.25, -0.2) is 9.18 Å². The number of carbonyl (C=O) groups excluding carboxylic acids is 1. The van der Waals surface area contributed by atoms with Gasteiger partial charge in [0.05, 0.1) is 6.16 Å². The smallest absolute Gasteiger partial charge is 0.335 e. The summed E-state index contributed by atoms with van der Waals surface area (Å²) in [5.41, 5.74) is -0.00657. The highest BCUT2D eigenvalue weighted by Crippen LogP contribution is 2.48. The average molecular weight is 344 g/mol. The average Bonchev–Trinajstić information content (AvgIpc) is 2.47. The molecule has 1 aromatic carbocycles. The predicted octanol–water partition coefficient (Wildman–Crippen LogP) is 4.04. The molecule has 7 heteroatoms. The monoisotopic (exact) mass is 344 g/mol. The van der Waals surface area contributed by atoms with Crippen molar-refractivity contribution in [1.29, 1.82) is 0 Å². The first-order valence-electron chi connectivity index (χ1n) is 6.98. The summed E-state index contributed by atoms with van der Waals surface area (Å²) in [6.45, 7) is 5.19. The molecule has 0 heterocycles. The van der Waals surface area contributed by atoms with E-state index in [0.29, 0.717) is 5.56 Å². The summed E-state index contributed by atoms with van der Waals surface area (Å²) in [6.07, 6.45) is 1.24. The minimum absolute atomic E-state index is 0.124. The molecule has 0 N–H and O–H groups in total. The van der Waals surface area contributed by atoms with E-state index in [9.17, 15) is 13.8 Å². The third-order valence-electron chi connectivity index (χ3n) is 2.79. The summed E-state index contributed by atoms with van der Waals surface area (Å²) in [5.74, 6) is -1.02. The van der Waals surface area contributed by atoms with Crippen molar-refractivity contribution < 1.29 is 27.5 Å². The maximum absolute atomic E-state index is 13.0. The van der Waals surface area contributed by atoms with E-state index in [4.69, 9.17) is 13.8 Å². The quantitative estimate of drug-likeness (QED) is 0.443. The second-order valence-electron chi connectivity index (χ2n) is 5.86. The molecular formula is C16H22FO5P. The molecule has 0 unspecified atom stereocenters. The van der Waals surface area contributed by atoms with Gasteiger partial charge in [0.25, 0.3) is 0 Å². The second kappa shape index (κ2) is 7.86. The maximum atomic E-state index is 13.0. The summed E-state index contributed by atoms with van der Waals surface area (Å²) in [6, 6.07) is 5.55. The molecule has 1 aromatic rings. The van der Waals surface area contributed by atoms with Gasteiger partial charge in [0.1, 0.15) is 11.4 Å². The van der Waals surface area contributed by atoms with Crippen LogP contribution < -0.4 is 0 Å². The molecule has 0 radical (unpaired) electrons. The fraction of sp³-hybridized carbons (Fsp3) is 0.438. The van der Waals surface area contributed by atoms with Crippen LogP contribution in [0.4, 0.5) is 4.39 Å². The van der Waals surface area contributed by atoms with Crippen LogP contribution in [-0.2, 0) is 23.1 Å². The van der Waals surface area contributed by atoms with Crippen LogP contribution in [0.25, 0.3) is 6.08 Å². The molecule has 0 aliphatic rings. The normalized spacial score (nSPS) is 13.0. The lowest BCUT2D eigenvalue weighted by molar-refractivity contribution is -0.149.